The molecule has 2 atom stereocenters. The summed E-state index contributed by atoms with van der Waals surface area (Å²) in [6.45, 7) is 3.61. The highest BCUT2D eigenvalue weighted by Crippen LogP contribution is 2.23. The van der Waals surface area contributed by atoms with Crippen LogP contribution < -0.4 is 5.32 Å². The first kappa shape index (κ1) is 6.62. The van der Waals surface area contributed by atoms with Crippen molar-refractivity contribution in [2.75, 3.05) is 19.6 Å². The van der Waals surface area contributed by atoms with Crippen molar-refractivity contribution in [1.82, 2.24) is 10.2 Å². The highest BCUT2D eigenvalue weighted by Gasteiger charge is 2.29. The summed E-state index contributed by atoms with van der Waals surface area (Å²) in [4.78, 5) is 2.20. The van der Waals surface area contributed by atoms with Gasteiger partial charge in [0.25, 0.3) is 0 Å². The number of hydrogen-bond acceptors (Lipinski definition) is 2. The summed E-state index contributed by atoms with van der Waals surface area (Å²) in [6, 6.07) is 0.818. The first-order valence-corrected chi connectivity index (χ1v) is 4.15. The van der Waals surface area contributed by atoms with Gasteiger partial charge >= 0.3 is 0 Å². The summed E-state index contributed by atoms with van der Waals surface area (Å²) >= 11 is 0. The minimum absolute atomic E-state index is 0.818. The zero-order valence-corrected chi connectivity index (χ0v) is 6.34. The third-order valence-electron chi connectivity index (χ3n) is 2.74. The number of fused-ring (bicyclic) bond motifs is 1. The zero-order chi connectivity index (χ0) is 6.97. The van der Waals surface area contributed by atoms with Crippen molar-refractivity contribution >= 4 is 0 Å². The Labute approximate surface area is 62.6 Å². The number of likely N-dealkylation sites (tertiary alicyclic amines) is 1. The molecule has 0 aromatic carbocycles. The summed E-state index contributed by atoms with van der Waals surface area (Å²) < 4.78 is 0. The summed E-state index contributed by atoms with van der Waals surface area (Å²) in [7, 11) is 3.96. The first-order valence-electron chi connectivity index (χ1n) is 4.15. The van der Waals surface area contributed by atoms with Crippen molar-refractivity contribution in [3.8, 4) is 0 Å². The van der Waals surface area contributed by atoms with E-state index in [1.54, 1.807) is 0 Å². The van der Waals surface area contributed by atoms with Crippen LogP contribution >= 0.6 is 0 Å². The van der Waals surface area contributed by atoms with Crippen molar-refractivity contribution in [2.24, 2.45) is 5.92 Å². The third kappa shape index (κ3) is 1.06. The first-order chi connectivity index (χ1) is 4.86. The van der Waals surface area contributed by atoms with Crippen LogP contribution in [0, 0.1) is 13.0 Å². The van der Waals surface area contributed by atoms with Crippen LogP contribution in [0.2, 0.25) is 0 Å². The monoisotopic (exact) mass is 139 g/mol. The molecule has 0 radical (unpaired) electrons. The van der Waals surface area contributed by atoms with E-state index in [1.807, 2.05) is 0 Å². The van der Waals surface area contributed by atoms with E-state index in [1.165, 1.54) is 32.5 Å². The number of piperidine rings is 1. The fourth-order valence-electron chi connectivity index (χ4n) is 2.12. The smallest absolute Gasteiger partial charge is 0.0118 e. The lowest BCUT2D eigenvalue weighted by molar-refractivity contribution is 0.214. The topological polar surface area (TPSA) is 15.3 Å². The molecule has 1 N–H and O–H groups in total. The van der Waals surface area contributed by atoms with Gasteiger partial charge in [-0.3, -0.25) is 7.05 Å². The molecule has 2 nitrogen and oxygen atoms in total. The van der Waals surface area contributed by atoms with Crippen molar-refractivity contribution in [3.05, 3.63) is 7.05 Å². The Kier molecular flexibility index (Phi) is 1.66. The maximum absolute atomic E-state index is 3.96. The molecule has 2 rings (SSSR count). The van der Waals surface area contributed by atoms with E-state index in [0.29, 0.717) is 0 Å². The SMILES string of the molecule is [CH2-]N1CCC2NCCC2C1. The maximum Gasteiger partial charge on any atom is 0.0118 e. The van der Waals surface area contributed by atoms with E-state index in [4.69, 9.17) is 0 Å². The molecule has 0 spiro atoms. The van der Waals surface area contributed by atoms with Crippen LogP contribution in [0.3, 0.4) is 0 Å². The van der Waals surface area contributed by atoms with E-state index < -0.39 is 0 Å². The molecule has 2 heterocycles. The molecule has 2 unspecified atom stereocenters. The van der Waals surface area contributed by atoms with Crippen LogP contribution in [0.5, 0.6) is 0 Å². The second kappa shape index (κ2) is 2.51. The predicted molar refractivity (Wildman–Crippen MR) is 41.4 cm³/mol. The Bertz CT molecular complexity index is 124. The lowest BCUT2D eigenvalue weighted by Gasteiger charge is -2.37. The van der Waals surface area contributed by atoms with Gasteiger partial charge in [-0.2, -0.15) is 0 Å². The molecule has 58 valence electrons. The van der Waals surface area contributed by atoms with Gasteiger partial charge < -0.3 is 10.2 Å². The van der Waals surface area contributed by atoms with E-state index in [-0.39, 0.29) is 0 Å². The van der Waals surface area contributed by atoms with Crippen LogP contribution in [-0.4, -0.2) is 30.6 Å². The van der Waals surface area contributed by atoms with Gasteiger partial charge in [-0.25, -0.2) is 0 Å². The molecule has 0 aromatic heterocycles. The van der Waals surface area contributed by atoms with E-state index in [0.717, 1.165) is 12.0 Å². The van der Waals surface area contributed by atoms with Gasteiger partial charge in [0.2, 0.25) is 0 Å². The van der Waals surface area contributed by atoms with Gasteiger partial charge in [-0.15, -0.1) is 0 Å². The van der Waals surface area contributed by atoms with Gasteiger partial charge in [-0.1, -0.05) is 0 Å². The third-order valence-corrected chi connectivity index (χ3v) is 2.74. The summed E-state index contributed by atoms with van der Waals surface area (Å²) in [5.74, 6) is 0.895. The zero-order valence-electron chi connectivity index (χ0n) is 6.34. The van der Waals surface area contributed by atoms with E-state index in [2.05, 4.69) is 17.3 Å². The number of hydrogen-bond donors (Lipinski definition) is 1. The van der Waals surface area contributed by atoms with E-state index in [9.17, 15) is 0 Å². The molecule has 2 heteroatoms. The standard InChI is InChI=1S/C8H15N2/c1-10-5-3-8-7(6-10)2-4-9-8/h7-9H,1-6H2/q-1. The van der Waals surface area contributed by atoms with Crippen molar-refractivity contribution in [3.63, 3.8) is 0 Å². The average molecular weight is 139 g/mol. The van der Waals surface area contributed by atoms with Gasteiger partial charge in [0.05, 0.1) is 0 Å². The maximum atomic E-state index is 3.96. The molecule has 0 aromatic rings. The molecular weight excluding hydrogens is 124 g/mol. The lowest BCUT2D eigenvalue weighted by atomic mass is 9.94. The van der Waals surface area contributed by atoms with E-state index >= 15 is 0 Å². The number of rotatable bonds is 0. The van der Waals surface area contributed by atoms with Crippen molar-refractivity contribution in [2.45, 2.75) is 18.9 Å². The molecule has 2 aliphatic rings. The van der Waals surface area contributed by atoms with Gasteiger partial charge in [0, 0.05) is 6.04 Å². The summed E-state index contributed by atoms with van der Waals surface area (Å²) in [6.07, 6.45) is 2.66. The Balaban J connectivity index is 1.96. The molecule has 0 aliphatic carbocycles. The molecule has 2 aliphatic heterocycles. The fourth-order valence-corrected chi connectivity index (χ4v) is 2.12. The Morgan fingerprint density at radius 1 is 1.40 bits per heavy atom. The molecule has 0 bridgehead atoms. The molecular formula is C8H15N2-. The van der Waals surface area contributed by atoms with Crippen LogP contribution in [0.1, 0.15) is 12.8 Å². The normalized spacial score (nSPS) is 41.7. The summed E-state index contributed by atoms with van der Waals surface area (Å²) in [5.41, 5.74) is 0. The van der Waals surface area contributed by atoms with Gasteiger partial charge in [-0.05, 0) is 38.4 Å². The molecule has 2 fully saturated rings. The minimum atomic E-state index is 0.818. The lowest BCUT2D eigenvalue weighted by Crippen LogP contribution is -2.41. The Hall–Kier alpha value is -0.0800. The predicted octanol–water partition coefficient (Wildman–Crippen LogP) is 0.462. The average Bonchev–Trinajstić information content (AvgIpc) is 2.33. The second-order valence-electron chi connectivity index (χ2n) is 3.48. The van der Waals surface area contributed by atoms with Crippen LogP contribution in [0.25, 0.3) is 0 Å². The minimum Gasteiger partial charge on any atom is -0.459 e. The Morgan fingerprint density at radius 3 is 3.20 bits per heavy atom. The molecule has 2 saturated heterocycles. The van der Waals surface area contributed by atoms with Crippen molar-refractivity contribution < 1.29 is 0 Å². The number of nitrogens with zero attached hydrogens (tertiary/aromatic N) is 1. The van der Waals surface area contributed by atoms with Crippen LogP contribution in [0.4, 0.5) is 0 Å². The van der Waals surface area contributed by atoms with Crippen LogP contribution in [-0.2, 0) is 0 Å². The molecule has 0 saturated carbocycles. The van der Waals surface area contributed by atoms with Crippen LogP contribution in [0.15, 0.2) is 0 Å². The Morgan fingerprint density at radius 2 is 2.30 bits per heavy atom. The van der Waals surface area contributed by atoms with Gasteiger partial charge in [0.15, 0.2) is 0 Å². The quantitative estimate of drug-likeness (QED) is 0.490. The molecule has 10 heavy (non-hydrogen) atoms. The fraction of sp³-hybridized carbons (Fsp3) is 0.875. The molecule has 0 amide bonds. The number of nitrogens with one attached hydrogen (secondary N) is 1. The van der Waals surface area contributed by atoms with Gasteiger partial charge in [0.1, 0.15) is 0 Å². The van der Waals surface area contributed by atoms with Crippen molar-refractivity contribution in [1.29, 1.82) is 0 Å². The largest absolute Gasteiger partial charge is 0.459 e. The highest BCUT2D eigenvalue weighted by molar-refractivity contribution is 4.89. The second-order valence-corrected chi connectivity index (χ2v) is 3.48. The summed E-state index contributed by atoms with van der Waals surface area (Å²) in [5, 5.41) is 3.52. The highest BCUT2D eigenvalue weighted by atomic mass is 15.1.